The topological polar surface area (TPSA) is 79.1 Å². The van der Waals surface area contributed by atoms with E-state index in [9.17, 15) is 9.59 Å². The molecule has 5 nitrogen and oxygen atoms in total. The molecule has 2 aromatic rings. The summed E-state index contributed by atoms with van der Waals surface area (Å²) in [5, 5.41) is 10.8. The minimum absolute atomic E-state index is 0.307. The summed E-state index contributed by atoms with van der Waals surface area (Å²) in [7, 11) is 0. The molecule has 0 unspecified atom stereocenters. The number of Topliss-reactive ketones (excluding diaryl/α,β-unsaturated/α-hetero) is 1. The van der Waals surface area contributed by atoms with Gasteiger partial charge in [0.05, 0.1) is 21.1 Å². The van der Waals surface area contributed by atoms with Crippen molar-refractivity contribution in [1.29, 1.82) is 0 Å². The maximum atomic E-state index is 12.3. The summed E-state index contributed by atoms with van der Waals surface area (Å²) in [6.07, 6.45) is 1.12. The summed E-state index contributed by atoms with van der Waals surface area (Å²) >= 11 is 1.37. The van der Waals surface area contributed by atoms with Crippen molar-refractivity contribution in [3.63, 3.8) is 0 Å². The third kappa shape index (κ3) is 1.31. The van der Waals surface area contributed by atoms with Gasteiger partial charge in [-0.3, -0.25) is 4.79 Å². The van der Waals surface area contributed by atoms with E-state index in [1.165, 1.54) is 11.3 Å². The zero-order chi connectivity index (χ0) is 13.9. The Balaban J connectivity index is 2.12. The standard InChI is InChI=1S/C14H6N2O3S/c17-11-7(14(18)19)5-15-13-9(11)10-12(20-13)6-3-1-2-4-8(6)16-10/h1-5H,(H,18,19). The number of aliphatic carboxylic acids is 1. The maximum absolute atomic E-state index is 12.3. The smallest absolute Gasteiger partial charge is 0.341 e. The van der Waals surface area contributed by atoms with Crippen LogP contribution in [0, 0.1) is 9.75 Å². The molecular weight excluding hydrogens is 276 g/mol. The highest BCUT2D eigenvalue weighted by Gasteiger charge is 2.29. The molecule has 0 amide bonds. The van der Waals surface area contributed by atoms with E-state index in [1.54, 1.807) is 0 Å². The minimum Gasteiger partial charge on any atom is -0.477 e. The van der Waals surface area contributed by atoms with E-state index < -0.39 is 11.8 Å². The molecule has 96 valence electrons. The molecule has 0 aliphatic carbocycles. The second-order valence-corrected chi connectivity index (χ2v) is 5.39. The molecule has 1 aromatic heterocycles. The number of benzene rings is 1. The van der Waals surface area contributed by atoms with Crippen LogP contribution >= 0.6 is 11.3 Å². The summed E-state index contributed by atoms with van der Waals surface area (Å²) in [6.45, 7) is 0. The van der Waals surface area contributed by atoms with E-state index in [-0.39, 0.29) is 5.57 Å². The van der Waals surface area contributed by atoms with Crippen molar-refractivity contribution in [2.45, 2.75) is 0 Å². The number of ketones is 1. The van der Waals surface area contributed by atoms with Crippen LogP contribution in [0.15, 0.2) is 46.0 Å². The lowest BCUT2D eigenvalue weighted by molar-refractivity contribution is -0.132. The summed E-state index contributed by atoms with van der Waals surface area (Å²) in [6, 6.07) is 7.58. The van der Waals surface area contributed by atoms with Gasteiger partial charge in [0, 0.05) is 11.4 Å². The van der Waals surface area contributed by atoms with Gasteiger partial charge in [0.15, 0.2) is 0 Å². The highest BCUT2D eigenvalue weighted by atomic mass is 32.1. The largest absolute Gasteiger partial charge is 0.477 e. The molecule has 0 saturated carbocycles. The van der Waals surface area contributed by atoms with Crippen LogP contribution in [-0.2, 0) is 4.79 Å². The highest BCUT2D eigenvalue weighted by Crippen LogP contribution is 2.28. The van der Waals surface area contributed by atoms with Crippen molar-refractivity contribution < 1.29 is 14.7 Å². The van der Waals surface area contributed by atoms with Crippen molar-refractivity contribution in [3.05, 3.63) is 61.4 Å². The van der Waals surface area contributed by atoms with Crippen LogP contribution in [0.25, 0.3) is 0 Å². The van der Waals surface area contributed by atoms with Crippen LogP contribution in [0.3, 0.4) is 0 Å². The lowest BCUT2D eigenvalue weighted by Gasteiger charge is -2.03. The van der Waals surface area contributed by atoms with Crippen molar-refractivity contribution >= 4 is 28.8 Å². The molecule has 6 heteroatoms. The Hall–Kier alpha value is -2.60. The second-order valence-electron chi connectivity index (χ2n) is 4.40. The van der Waals surface area contributed by atoms with Gasteiger partial charge in [-0.25, -0.2) is 14.8 Å². The first-order valence-electron chi connectivity index (χ1n) is 5.84. The van der Waals surface area contributed by atoms with Gasteiger partial charge in [-0.1, -0.05) is 18.2 Å². The molecule has 4 rings (SSSR count). The maximum Gasteiger partial charge on any atom is 0.341 e. The van der Waals surface area contributed by atoms with E-state index in [0.29, 0.717) is 15.9 Å². The number of hydrogen-bond donors (Lipinski definition) is 1. The molecule has 1 N–H and O–H groups in total. The van der Waals surface area contributed by atoms with E-state index >= 15 is 0 Å². The Labute approximate surface area is 115 Å². The molecule has 1 aromatic carbocycles. The molecule has 0 radical (unpaired) electrons. The quantitative estimate of drug-likeness (QED) is 0.678. The van der Waals surface area contributed by atoms with Crippen molar-refractivity contribution in [2.24, 2.45) is 9.98 Å². The van der Waals surface area contributed by atoms with Gasteiger partial charge >= 0.3 is 5.97 Å². The number of carbonyl (C=O) groups is 2. The first-order valence-corrected chi connectivity index (χ1v) is 6.65. The van der Waals surface area contributed by atoms with E-state index in [2.05, 4.69) is 9.98 Å². The molecule has 20 heavy (non-hydrogen) atoms. The summed E-state index contributed by atoms with van der Waals surface area (Å²) < 4.78 is 1.41. The Morgan fingerprint density at radius 3 is 2.85 bits per heavy atom. The monoisotopic (exact) mass is 282 g/mol. The van der Waals surface area contributed by atoms with Crippen LogP contribution < -0.4 is 10.0 Å². The minimum atomic E-state index is -1.26. The molecule has 0 atom stereocenters. The summed E-state index contributed by atoms with van der Waals surface area (Å²) in [5.74, 6) is -1.78. The number of para-hydroxylation sites is 1. The molecule has 0 fully saturated rings. The average Bonchev–Trinajstić information content (AvgIpc) is 2.94. The van der Waals surface area contributed by atoms with Gasteiger partial charge in [-0.05, 0) is 6.07 Å². The summed E-state index contributed by atoms with van der Waals surface area (Å²) in [5.41, 5.74) is 0.539. The number of carboxylic acids is 1. The fourth-order valence-corrected chi connectivity index (χ4v) is 3.47. The van der Waals surface area contributed by atoms with E-state index in [0.717, 1.165) is 21.3 Å². The highest BCUT2D eigenvalue weighted by molar-refractivity contribution is 7.08. The number of thiophene rings is 1. The molecule has 0 spiro atoms. The number of carbonyl (C=O) groups excluding carboxylic acids is 1. The number of rotatable bonds is 1. The molecule has 0 bridgehead atoms. The fraction of sp³-hybridized carbons (Fsp3) is 0. The average molecular weight is 282 g/mol. The Bertz CT molecular complexity index is 1050. The zero-order valence-corrected chi connectivity index (χ0v) is 10.8. The molecule has 2 aliphatic rings. The second kappa shape index (κ2) is 3.71. The first-order chi connectivity index (χ1) is 9.66. The van der Waals surface area contributed by atoms with Gasteiger partial charge in [0.2, 0.25) is 5.78 Å². The molecule has 3 heterocycles. The van der Waals surface area contributed by atoms with Crippen LogP contribution in [0.1, 0.15) is 10.4 Å². The molecule has 0 saturated heterocycles. The summed E-state index contributed by atoms with van der Waals surface area (Å²) in [4.78, 5) is 31.8. The van der Waals surface area contributed by atoms with Gasteiger partial charge in [-0.15, -0.1) is 11.3 Å². The Kier molecular flexibility index (Phi) is 2.08. The normalized spacial score (nSPS) is 14.6. The third-order valence-electron chi connectivity index (χ3n) is 3.26. The van der Waals surface area contributed by atoms with Crippen molar-refractivity contribution in [2.75, 3.05) is 0 Å². The van der Waals surface area contributed by atoms with Crippen molar-refractivity contribution in [3.8, 4) is 0 Å². The SMILES string of the molecule is O=C(O)C1=CN=c2sc3c(c2C1=O)N=c1ccccc1=3. The van der Waals surface area contributed by atoms with Crippen LogP contribution in [0.2, 0.25) is 0 Å². The van der Waals surface area contributed by atoms with Crippen LogP contribution in [-0.4, -0.2) is 16.9 Å². The zero-order valence-electron chi connectivity index (χ0n) is 9.95. The van der Waals surface area contributed by atoms with Gasteiger partial charge in [0.25, 0.3) is 0 Å². The first kappa shape index (κ1) is 11.2. The number of nitrogens with zero attached hydrogens (tertiary/aromatic N) is 2. The Morgan fingerprint density at radius 2 is 2.05 bits per heavy atom. The predicted octanol–water partition coefficient (Wildman–Crippen LogP) is 1.08. The number of hydrogen-bond acceptors (Lipinski definition) is 5. The van der Waals surface area contributed by atoms with Gasteiger partial charge in [-0.2, -0.15) is 0 Å². The predicted molar refractivity (Wildman–Crippen MR) is 70.5 cm³/mol. The van der Waals surface area contributed by atoms with Crippen LogP contribution in [0.4, 0.5) is 5.69 Å². The third-order valence-corrected chi connectivity index (χ3v) is 4.38. The lowest BCUT2D eigenvalue weighted by Crippen LogP contribution is -2.21. The van der Waals surface area contributed by atoms with E-state index in [4.69, 9.17) is 5.11 Å². The Morgan fingerprint density at radius 1 is 1.25 bits per heavy atom. The number of carboxylic acid groups (broad SMARTS) is 1. The van der Waals surface area contributed by atoms with E-state index in [1.807, 2.05) is 24.3 Å². The van der Waals surface area contributed by atoms with Gasteiger partial charge < -0.3 is 5.11 Å². The van der Waals surface area contributed by atoms with Crippen molar-refractivity contribution in [1.82, 2.24) is 0 Å². The van der Waals surface area contributed by atoms with Crippen LogP contribution in [0.5, 0.6) is 0 Å². The molecule has 2 aliphatic heterocycles. The van der Waals surface area contributed by atoms with Gasteiger partial charge in [0.1, 0.15) is 10.2 Å². The molecular formula is C14H6N2O3S. The lowest BCUT2D eigenvalue weighted by atomic mass is 10.0. The number of fused-ring (bicyclic) bond motifs is 4. The fourth-order valence-electron chi connectivity index (χ4n) is 2.35.